The molecule has 0 bridgehead atoms. The van der Waals surface area contributed by atoms with Crippen LogP contribution in [-0.4, -0.2) is 10.2 Å². The van der Waals surface area contributed by atoms with E-state index in [2.05, 4.69) is 32.2 Å². The summed E-state index contributed by atoms with van der Waals surface area (Å²) >= 11 is 6.59. The van der Waals surface area contributed by atoms with Crippen molar-refractivity contribution in [1.29, 1.82) is 0 Å². The van der Waals surface area contributed by atoms with Crippen LogP contribution in [0.25, 0.3) is 10.8 Å². The molecule has 3 rings (SSSR count). The molecule has 108 valence electrons. The van der Waals surface area contributed by atoms with Crippen molar-refractivity contribution in [3.63, 3.8) is 0 Å². The van der Waals surface area contributed by atoms with E-state index in [1.165, 1.54) is 5.56 Å². The van der Waals surface area contributed by atoms with Gasteiger partial charge in [0.2, 0.25) is 5.89 Å². The molecule has 0 atom stereocenters. The lowest BCUT2D eigenvalue weighted by Gasteiger charge is -2.04. The lowest BCUT2D eigenvalue weighted by molar-refractivity contribution is 0.529. The number of nitrogens with zero attached hydrogens (tertiary/aromatic N) is 2. The zero-order chi connectivity index (χ0) is 14.8. The maximum atomic E-state index is 5.96. The third-order valence-electron chi connectivity index (χ3n) is 2.77. The van der Waals surface area contributed by atoms with Crippen molar-refractivity contribution < 1.29 is 4.42 Å². The second-order valence-electron chi connectivity index (χ2n) is 4.43. The summed E-state index contributed by atoms with van der Waals surface area (Å²) in [5.41, 5.74) is 7.91. The first-order valence-corrected chi connectivity index (χ1v) is 8.78. The third-order valence-corrected chi connectivity index (χ3v) is 5.44. The van der Waals surface area contributed by atoms with Gasteiger partial charge in [0.15, 0.2) is 0 Å². The monoisotopic (exact) mass is 381 g/mol. The van der Waals surface area contributed by atoms with Gasteiger partial charge in [-0.2, -0.15) is 0 Å². The molecule has 7 heteroatoms. The summed E-state index contributed by atoms with van der Waals surface area (Å²) in [7, 11) is 0. The van der Waals surface area contributed by atoms with Crippen LogP contribution in [0.5, 0.6) is 0 Å². The Morgan fingerprint density at radius 1 is 1.29 bits per heavy atom. The molecular formula is C14H12BrN3OS2. The lowest BCUT2D eigenvalue weighted by Crippen LogP contribution is -1.90. The zero-order valence-corrected chi connectivity index (χ0v) is 14.4. The molecule has 0 unspecified atom stereocenters. The number of hydrogen-bond acceptors (Lipinski definition) is 6. The molecule has 0 aliphatic heterocycles. The van der Waals surface area contributed by atoms with Crippen molar-refractivity contribution in [2.24, 2.45) is 0 Å². The van der Waals surface area contributed by atoms with Gasteiger partial charge in [-0.1, -0.05) is 6.07 Å². The molecule has 3 aromatic rings. The van der Waals surface area contributed by atoms with E-state index in [0.29, 0.717) is 17.5 Å². The molecule has 1 aromatic carbocycles. The van der Waals surface area contributed by atoms with Crippen molar-refractivity contribution >= 4 is 44.7 Å². The van der Waals surface area contributed by atoms with Gasteiger partial charge in [-0.05, 0) is 52.7 Å². The van der Waals surface area contributed by atoms with E-state index in [-0.39, 0.29) is 0 Å². The fraction of sp³-hybridized carbons (Fsp3) is 0.143. The van der Waals surface area contributed by atoms with Crippen LogP contribution in [0.4, 0.5) is 5.69 Å². The molecule has 0 aliphatic carbocycles. The Morgan fingerprint density at radius 3 is 2.90 bits per heavy atom. The van der Waals surface area contributed by atoms with E-state index in [1.807, 2.05) is 31.2 Å². The van der Waals surface area contributed by atoms with Crippen molar-refractivity contribution in [1.82, 2.24) is 10.2 Å². The van der Waals surface area contributed by atoms with Crippen LogP contribution in [0, 0.1) is 6.92 Å². The standard InChI is InChI=1S/C14H12BrN3OS2/c1-8-2-3-9(16)11(6-8)20-7-13-17-18-14(19-13)10-4-5-12(15)21-10/h2-6H,7,16H2,1H3. The Labute approximate surface area is 138 Å². The second kappa shape index (κ2) is 6.21. The summed E-state index contributed by atoms with van der Waals surface area (Å²) in [4.78, 5) is 1.99. The number of nitrogen functional groups attached to an aromatic ring is 1. The van der Waals surface area contributed by atoms with Crippen LogP contribution in [0.1, 0.15) is 11.5 Å². The molecule has 0 aliphatic rings. The lowest BCUT2D eigenvalue weighted by atomic mass is 10.2. The van der Waals surface area contributed by atoms with Gasteiger partial charge in [0.25, 0.3) is 5.89 Å². The number of rotatable bonds is 4. The predicted octanol–water partition coefficient (Wildman–Crippen LogP) is 4.74. The molecule has 4 nitrogen and oxygen atoms in total. The van der Waals surface area contributed by atoms with Gasteiger partial charge in [0.1, 0.15) is 0 Å². The van der Waals surface area contributed by atoms with Crippen LogP contribution in [-0.2, 0) is 5.75 Å². The summed E-state index contributed by atoms with van der Waals surface area (Å²) in [5, 5.41) is 8.16. The van der Waals surface area contributed by atoms with Crippen molar-refractivity contribution in [3.8, 4) is 10.8 Å². The highest BCUT2D eigenvalue weighted by Gasteiger charge is 2.11. The van der Waals surface area contributed by atoms with Crippen molar-refractivity contribution in [2.45, 2.75) is 17.6 Å². The Bertz CT molecular complexity index is 769. The number of halogens is 1. The SMILES string of the molecule is Cc1ccc(N)c(SCc2nnc(-c3ccc(Br)s3)o2)c1. The number of thiophene rings is 1. The van der Waals surface area contributed by atoms with Gasteiger partial charge in [-0.25, -0.2) is 0 Å². The van der Waals surface area contributed by atoms with Crippen molar-refractivity contribution in [3.05, 3.63) is 45.6 Å². The van der Waals surface area contributed by atoms with Crippen LogP contribution in [0.15, 0.2) is 43.4 Å². The van der Waals surface area contributed by atoms with Crippen LogP contribution in [0.2, 0.25) is 0 Å². The molecule has 2 heterocycles. The maximum Gasteiger partial charge on any atom is 0.257 e. The molecule has 2 aromatic heterocycles. The molecule has 0 spiro atoms. The minimum absolute atomic E-state index is 0.554. The highest BCUT2D eigenvalue weighted by molar-refractivity contribution is 9.11. The smallest absolute Gasteiger partial charge is 0.257 e. The summed E-state index contributed by atoms with van der Waals surface area (Å²) in [6, 6.07) is 9.90. The van der Waals surface area contributed by atoms with E-state index in [4.69, 9.17) is 10.2 Å². The Hall–Kier alpha value is -1.31. The molecule has 21 heavy (non-hydrogen) atoms. The molecule has 0 fully saturated rings. The van der Waals surface area contributed by atoms with E-state index in [1.54, 1.807) is 23.1 Å². The summed E-state index contributed by atoms with van der Waals surface area (Å²) in [6.45, 7) is 2.04. The van der Waals surface area contributed by atoms with Gasteiger partial charge in [-0.3, -0.25) is 0 Å². The topological polar surface area (TPSA) is 64.9 Å². The maximum absolute atomic E-state index is 5.96. The number of aryl methyl sites for hydroxylation is 1. The predicted molar refractivity (Wildman–Crippen MR) is 90.5 cm³/mol. The van der Waals surface area contributed by atoms with Crippen molar-refractivity contribution in [2.75, 3.05) is 5.73 Å². The van der Waals surface area contributed by atoms with Gasteiger partial charge < -0.3 is 10.2 Å². The summed E-state index contributed by atoms with van der Waals surface area (Å²) < 4.78 is 6.72. The van der Waals surface area contributed by atoms with Crippen LogP contribution >= 0.6 is 39.0 Å². The number of aromatic nitrogens is 2. The zero-order valence-electron chi connectivity index (χ0n) is 11.2. The van der Waals surface area contributed by atoms with Crippen LogP contribution in [0.3, 0.4) is 0 Å². The molecule has 0 radical (unpaired) electrons. The Kier molecular flexibility index (Phi) is 4.32. The van der Waals surface area contributed by atoms with Gasteiger partial charge in [-0.15, -0.1) is 33.3 Å². The second-order valence-corrected chi connectivity index (χ2v) is 7.91. The van der Waals surface area contributed by atoms with Gasteiger partial charge in [0.05, 0.1) is 14.4 Å². The largest absolute Gasteiger partial charge is 0.419 e. The first-order chi connectivity index (χ1) is 10.1. The Balaban J connectivity index is 1.71. The van der Waals surface area contributed by atoms with E-state index in [0.717, 1.165) is 19.2 Å². The minimum Gasteiger partial charge on any atom is -0.419 e. The number of hydrogen-bond donors (Lipinski definition) is 1. The highest BCUT2D eigenvalue weighted by atomic mass is 79.9. The first-order valence-electron chi connectivity index (χ1n) is 6.19. The highest BCUT2D eigenvalue weighted by Crippen LogP contribution is 2.32. The molecule has 0 amide bonds. The average molecular weight is 382 g/mol. The fourth-order valence-corrected chi connectivity index (χ4v) is 3.95. The van der Waals surface area contributed by atoms with Gasteiger partial charge in [0, 0.05) is 10.6 Å². The van der Waals surface area contributed by atoms with E-state index >= 15 is 0 Å². The fourth-order valence-electron chi connectivity index (χ4n) is 1.75. The number of nitrogens with two attached hydrogens (primary N) is 1. The Morgan fingerprint density at radius 2 is 2.14 bits per heavy atom. The molecular weight excluding hydrogens is 370 g/mol. The summed E-state index contributed by atoms with van der Waals surface area (Å²) in [6.07, 6.45) is 0. The van der Waals surface area contributed by atoms with Crippen LogP contribution < -0.4 is 5.73 Å². The molecule has 2 N–H and O–H groups in total. The third kappa shape index (κ3) is 3.48. The van der Waals surface area contributed by atoms with E-state index < -0.39 is 0 Å². The van der Waals surface area contributed by atoms with E-state index in [9.17, 15) is 0 Å². The number of thioether (sulfide) groups is 1. The molecule has 0 saturated carbocycles. The number of benzene rings is 1. The summed E-state index contributed by atoms with van der Waals surface area (Å²) in [5.74, 6) is 1.76. The molecule has 0 saturated heterocycles. The normalized spacial score (nSPS) is 11.0. The quantitative estimate of drug-likeness (QED) is 0.521. The van der Waals surface area contributed by atoms with Gasteiger partial charge >= 0.3 is 0 Å². The minimum atomic E-state index is 0.554. The average Bonchev–Trinajstić information content (AvgIpc) is 3.08. The first kappa shape index (κ1) is 14.6. The number of anilines is 1.